The first kappa shape index (κ1) is 16.9. The maximum atomic E-state index is 14.4. The van der Waals surface area contributed by atoms with Gasteiger partial charge in [-0.25, -0.2) is 14.4 Å². The number of fused-ring (bicyclic) bond motifs is 1. The molecule has 5 nitrogen and oxygen atoms in total. The van der Waals surface area contributed by atoms with Crippen molar-refractivity contribution in [2.75, 3.05) is 36.0 Å². The predicted octanol–water partition coefficient (Wildman–Crippen LogP) is 3.67. The monoisotopic (exact) mass is 370 g/mol. The van der Waals surface area contributed by atoms with Gasteiger partial charge in [-0.1, -0.05) is 0 Å². The van der Waals surface area contributed by atoms with Gasteiger partial charge in [0.2, 0.25) is 0 Å². The van der Waals surface area contributed by atoms with Crippen LogP contribution in [0.25, 0.3) is 10.2 Å². The molecule has 0 saturated carbocycles. The highest BCUT2D eigenvalue weighted by Crippen LogP contribution is 2.31. The number of carbonyl (C=O) groups excluding carboxylic acids is 1. The number of ketones is 1. The third-order valence-corrected chi connectivity index (χ3v) is 5.66. The van der Waals surface area contributed by atoms with E-state index in [9.17, 15) is 9.18 Å². The van der Waals surface area contributed by atoms with Gasteiger partial charge in [0.05, 0.1) is 11.1 Å². The molecule has 1 aromatic carbocycles. The molecule has 1 aliphatic rings. The summed E-state index contributed by atoms with van der Waals surface area (Å²) in [7, 11) is 0. The number of rotatable bonds is 3. The smallest absolute Gasteiger partial charge is 0.159 e. The molecule has 0 aliphatic carbocycles. The molecular weight excluding hydrogens is 351 g/mol. The minimum atomic E-state index is -0.343. The lowest BCUT2D eigenvalue weighted by Gasteiger charge is -2.37. The molecule has 4 rings (SSSR count). The molecule has 0 unspecified atom stereocenters. The normalized spacial score (nSPS) is 14.9. The van der Waals surface area contributed by atoms with Crippen molar-refractivity contribution in [3.05, 3.63) is 46.9 Å². The van der Waals surface area contributed by atoms with Gasteiger partial charge < -0.3 is 9.80 Å². The van der Waals surface area contributed by atoms with Crippen LogP contribution < -0.4 is 9.80 Å². The van der Waals surface area contributed by atoms with Crippen molar-refractivity contribution in [3.8, 4) is 0 Å². The van der Waals surface area contributed by atoms with Crippen LogP contribution in [0.3, 0.4) is 0 Å². The Labute approximate surface area is 155 Å². The van der Waals surface area contributed by atoms with Gasteiger partial charge in [-0.05, 0) is 38.1 Å². The van der Waals surface area contributed by atoms with E-state index in [-0.39, 0.29) is 11.6 Å². The molecule has 0 N–H and O–H groups in total. The first-order chi connectivity index (χ1) is 12.5. The Morgan fingerprint density at radius 3 is 2.54 bits per heavy atom. The number of benzene rings is 1. The van der Waals surface area contributed by atoms with Crippen molar-refractivity contribution in [1.29, 1.82) is 0 Å². The second kappa shape index (κ2) is 6.64. The Morgan fingerprint density at radius 2 is 1.85 bits per heavy atom. The van der Waals surface area contributed by atoms with E-state index < -0.39 is 0 Å². The number of hydrogen-bond donors (Lipinski definition) is 0. The third kappa shape index (κ3) is 3.03. The molecule has 7 heteroatoms. The molecule has 0 atom stereocenters. The van der Waals surface area contributed by atoms with Crippen molar-refractivity contribution < 1.29 is 9.18 Å². The van der Waals surface area contributed by atoms with Gasteiger partial charge in [-0.3, -0.25) is 4.79 Å². The second-order valence-corrected chi connectivity index (χ2v) is 7.70. The molecular formula is C19H19FN4OS. The number of Topliss-reactive ketones (excluding diaryl/α,β-unsaturated/α-hetero) is 1. The molecule has 0 radical (unpaired) electrons. The first-order valence-corrected chi connectivity index (χ1v) is 9.36. The molecule has 1 fully saturated rings. The zero-order chi connectivity index (χ0) is 18.3. The van der Waals surface area contributed by atoms with Crippen LogP contribution in [0.1, 0.15) is 22.2 Å². The molecule has 1 saturated heterocycles. The summed E-state index contributed by atoms with van der Waals surface area (Å²) in [6, 6.07) is 6.84. The van der Waals surface area contributed by atoms with Crippen molar-refractivity contribution >= 4 is 38.8 Å². The van der Waals surface area contributed by atoms with Crippen molar-refractivity contribution in [2.45, 2.75) is 13.8 Å². The number of anilines is 2. The van der Waals surface area contributed by atoms with Crippen LogP contribution in [0.2, 0.25) is 0 Å². The van der Waals surface area contributed by atoms with Crippen LogP contribution in [0, 0.1) is 12.7 Å². The number of nitrogens with zero attached hydrogens (tertiary/aromatic N) is 4. The average molecular weight is 370 g/mol. The number of carbonyl (C=O) groups is 1. The zero-order valence-corrected chi connectivity index (χ0v) is 15.5. The van der Waals surface area contributed by atoms with Crippen molar-refractivity contribution in [2.24, 2.45) is 0 Å². The van der Waals surface area contributed by atoms with E-state index in [2.05, 4.69) is 27.9 Å². The van der Waals surface area contributed by atoms with E-state index in [1.165, 1.54) is 17.9 Å². The highest BCUT2D eigenvalue weighted by Gasteiger charge is 2.22. The molecule has 0 bridgehead atoms. The van der Waals surface area contributed by atoms with Crippen LogP contribution in [0.15, 0.2) is 30.6 Å². The SMILES string of the molecule is CC(=O)c1ccc(N2CCN(c3ncnc4sc(C)cc34)CC2)c(F)c1. The zero-order valence-electron chi connectivity index (χ0n) is 14.7. The fourth-order valence-corrected chi connectivity index (χ4v) is 4.20. The number of aryl methyl sites for hydroxylation is 1. The maximum absolute atomic E-state index is 14.4. The second-order valence-electron chi connectivity index (χ2n) is 6.47. The topological polar surface area (TPSA) is 49.3 Å². The van der Waals surface area contributed by atoms with Gasteiger partial charge in [-0.2, -0.15) is 0 Å². The predicted molar refractivity (Wildman–Crippen MR) is 103 cm³/mol. The van der Waals surface area contributed by atoms with Crippen LogP contribution in [-0.4, -0.2) is 41.9 Å². The minimum Gasteiger partial charge on any atom is -0.366 e. The van der Waals surface area contributed by atoms with Gasteiger partial charge >= 0.3 is 0 Å². The van der Waals surface area contributed by atoms with Gasteiger partial charge in [0, 0.05) is 36.6 Å². The van der Waals surface area contributed by atoms with Gasteiger partial charge in [0.1, 0.15) is 22.8 Å². The highest BCUT2D eigenvalue weighted by atomic mass is 32.1. The lowest BCUT2D eigenvalue weighted by molar-refractivity contribution is 0.101. The Balaban J connectivity index is 1.53. The van der Waals surface area contributed by atoms with Crippen LogP contribution in [0.5, 0.6) is 0 Å². The number of aromatic nitrogens is 2. The number of thiophene rings is 1. The Hall–Kier alpha value is -2.54. The first-order valence-electron chi connectivity index (χ1n) is 8.54. The van der Waals surface area contributed by atoms with E-state index in [0.717, 1.165) is 29.1 Å². The van der Waals surface area contributed by atoms with Crippen LogP contribution >= 0.6 is 11.3 Å². The summed E-state index contributed by atoms with van der Waals surface area (Å²) in [5, 5.41) is 1.08. The fraction of sp³-hybridized carbons (Fsp3) is 0.316. The summed E-state index contributed by atoms with van der Waals surface area (Å²) in [5.74, 6) is 0.481. The molecule has 3 aromatic rings. The summed E-state index contributed by atoms with van der Waals surface area (Å²) in [6.07, 6.45) is 1.61. The maximum Gasteiger partial charge on any atom is 0.159 e. The molecule has 1 aliphatic heterocycles. The summed E-state index contributed by atoms with van der Waals surface area (Å²) >= 11 is 1.67. The van der Waals surface area contributed by atoms with Crippen molar-refractivity contribution in [3.63, 3.8) is 0 Å². The molecule has 0 amide bonds. The van der Waals surface area contributed by atoms with E-state index >= 15 is 0 Å². The molecule has 0 spiro atoms. The van der Waals surface area contributed by atoms with E-state index in [0.29, 0.717) is 24.3 Å². The third-order valence-electron chi connectivity index (χ3n) is 4.71. The molecule has 3 heterocycles. The quantitative estimate of drug-likeness (QED) is 0.659. The summed E-state index contributed by atoms with van der Waals surface area (Å²) in [4.78, 5) is 26.7. The van der Waals surface area contributed by atoms with Gasteiger partial charge in [-0.15, -0.1) is 11.3 Å². The standard InChI is InChI=1S/C19H19FN4OS/c1-12-9-15-18(21-11-22-19(15)26-12)24-7-5-23(6-8-24)17-4-3-14(13(2)25)10-16(17)20/h3-4,9-11H,5-8H2,1-2H3. The Kier molecular flexibility index (Phi) is 4.32. The van der Waals surface area contributed by atoms with E-state index in [1.54, 1.807) is 29.8 Å². The summed E-state index contributed by atoms with van der Waals surface area (Å²) < 4.78 is 14.4. The van der Waals surface area contributed by atoms with Crippen LogP contribution in [0.4, 0.5) is 15.9 Å². The summed E-state index contributed by atoms with van der Waals surface area (Å²) in [5.41, 5.74) is 0.954. The molecule has 134 valence electrons. The lowest BCUT2D eigenvalue weighted by atomic mass is 10.1. The minimum absolute atomic E-state index is 0.126. The van der Waals surface area contributed by atoms with Gasteiger partial charge in [0.15, 0.2) is 5.78 Å². The highest BCUT2D eigenvalue weighted by molar-refractivity contribution is 7.18. The number of halogens is 1. The molecule has 2 aromatic heterocycles. The largest absolute Gasteiger partial charge is 0.366 e. The summed E-state index contributed by atoms with van der Waals surface area (Å²) in [6.45, 7) is 6.43. The van der Waals surface area contributed by atoms with E-state index in [1.807, 2.05) is 4.90 Å². The lowest BCUT2D eigenvalue weighted by Crippen LogP contribution is -2.47. The number of hydrogen-bond acceptors (Lipinski definition) is 6. The Bertz CT molecular complexity index is 979. The average Bonchev–Trinajstić information content (AvgIpc) is 3.02. The van der Waals surface area contributed by atoms with E-state index in [4.69, 9.17) is 0 Å². The van der Waals surface area contributed by atoms with Crippen molar-refractivity contribution in [1.82, 2.24) is 9.97 Å². The number of piperazine rings is 1. The van der Waals surface area contributed by atoms with Gasteiger partial charge in [0.25, 0.3) is 0 Å². The van der Waals surface area contributed by atoms with Crippen LogP contribution in [-0.2, 0) is 0 Å². The molecule has 26 heavy (non-hydrogen) atoms. The fourth-order valence-electron chi connectivity index (χ4n) is 3.36. The Morgan fingerprint density at radius 1 is 1.12 bits per heavy atom.